The van der Waals surface area contributed by atoms with Crippen molar-refractivity contribution in [2.45, 2.75) is 55.0 Å². The second-order valence-corrected chi connectivity index (χ2v) is 6.73. The minimum Gasteiger partial charge on any atom is -0.327 e. The van der Waals surface area contributed by atoms with Crippen LogP contribution in [0.3, 0.4) is 0 Å². The number of thioether (sulfide) groups is 1. The summed E-state index contributed by atoms with van der Waals surface area (Å²) in [7, 11) is 0. The van der Waals surface area contributed by atoms with E-state index in [2.05, 4.69) is 15.5 Å². The standard InChI is InChI=1S/C15H21N5S/c16-13-10-6-1-2-7-11-14(13)21-15-17-18-19-20(15)12-8-4-3-5-9-12/h3-5,8-9,13-14H,1-2,6-7,10-11,16H2. The second kappa shape index (κ2) is 7.04. The molecule has 1 aromatic carbocycles. The molecule has 0 radical (unpaired) electrons. The van der Waals surface area contributed by atoms with Gasteiger partial charge in [-0.05, 0) is 35.4 Å². The summed E-state index contributed by atoms with van der Waals surface area (Å²) >= 11 is 1.73. The summed E-state index contributed by atoms with van der Waals surface area (Å²) in [5, 5.41) is 13.4. The molecule has 112 valence electrons. The molecule has 0 amide bonds. The van der Waals surface area contributed by atoms with Crippen molar-refractivity contribution >= 4 is 11.8 Å². The molecule has 0 spiro atoms. The Morgan fingerprint density at radius 2 is 1.81 bits per heavy atom. The van der Waals surface area contributed by atoms with Gasteiger partial charge >= 0.3 is 0 Å². The van der Waals surface area contributed by atoms with Gasteiger partial charge in [-0.1, -0.05) is 55.6 Å². The molecular formula is C15H21N5S. The molecule has 1 aliphatic rings. The fraction of sp³-hybridized carbons (Fsp3) is 0.533. The van der Waals surface area contributed by atoms with E-state index >= 15 is 0 Å². The van der Waals surface area contributed by atoms with Gasteiger partial charge < -0.3 is 5.73 Å². The number of rotatable bonds is 3. The predicted molar refractivity (Wildman–Crippen MR) is 84.5 cm³/mol. The zero-order valence-corrected chi connectivity index (χ0v) is 12.9. The first kappa shape index (κ1) is 14.5. The monoisotopic (exact) mass is 303 g/mol. The van der Waals surface area contributed by atoms with Crippen LogP contribution in [0.25, 0.3) is 5.69 Å². The van der Waals surface area contributed by atoms with Crippen molar-refractivity contribution in [3.05, 3.63) is 30.3 Å². The van der Waals surface area contributed by atoms with Gasteiger partial charge in [0.15, 0.2) is 0 Å². The lowest BCUT2D eigenvalue weighted by Gasteiger charge is -2.25. The van der Waals surface area contributed by atoms with E-state index in [1.165, 1.54) is 25.7 Å². The Kier molecular flexibility index (Phi) is 4.87. The molecule has 6 heteroatoms. The largest absolute Gasteiger partial charge is 0.327 e. The van der Waals surface area contributed by atoms with Crippen LogP contribution in [-0.2, 0) is 0 Å². The van der Waals surface area contributed by atoms with Gasteiger partial charge in [0.05, 0.1) is 5.69 Å². The highest BCUT2D eigenvalue weighted by atomic mass is 32.2. The molecule has 0 bridgehead atoms. The summed E-state index contributed by atoms with van der Waals surface area (Å²) in [5.74, 6) is 0. The zero-order chi connectivity index (χ0) is 14.5. The molecule has 21 heavy (non-hydrogen) atoms. The summed E-state index contributed by atoms with van der Waals surface area (Å²) in [6.07, 6.45) is 7.36. The normalized spacial score (nSPS) is 23.5. The Labute approximate surface area is 129 Å². The second-order valence-electron chi connectivity index (χ2n) is 5.52. The number of nitrogens with two attached hydrogens (primary N) is 1. The highest BCUT2D eigenvalue weighted by Crippen LogP contribution is 2.31. The average molecular weight is 303 g/mol. The number of aromatic nitrogens is 4. The molecular weight excluding hydrogens is 282 g/mol. The Morgan fingerprint density at radius 1 is 1.05 bits per heavy atom. The molecule has 1 saturated carbocycles. The maximum Gasteiger partial charge on any atom is 0.214 e. The maximum absolute atomic E-state index is 6.36. The summed E-state index contributed by atoms with van der Waals surface area (Å²) in [6, 6.07) is 10.2. The van der Waals surface area contributed by atoms with E-state index in [-0.39, 0.29) is 6.04 Å². The molecule has 2 N–H and O–H groups in total. The zero-order valence-electron chi connectivity index (χ0n) is 12.1. The van der Waals surface area contributed by atoms with Crippen molar-refractivity contribution in [3.63, 3.8) is 0 Å². The van der Waals surface area contributed by atoms with Crippen molar-refractivity contribution in [1.82, 2.24) is 20.2 Å². The Morgan fingerprint density at radius 3 is 2.62 bits per heavy atom. The van der Waals surface area contributed by atoms with Gasteiger partial charge in [-0.25, -0.2) is 0 Å². The van der Waals surface area contributed by atoms with Crippen molar-refractivity contribution in [1.29, 1.82) is 0 Å². The van der Waals surface area contributed by atoms with E-state index in [0.29, 0.717) is 5.25 Å². The molecule has 5 nitrogen and oxygen atoms in total. The fourth-order valence-electron chi connectivity index (χ4n) is 2.74. The lowest BCUT2D eigenvalue weighted by molar-refractivity contribution is 0.462. The summed E-state index contributed by atoms with van der Waals surface area (Å²) < 4.78 is 1.80. The number of hydrogen-bond donors (Lipinski definition) is 1. The molecule has 0 saturated heterocycles. The molecule has 3 rings (SSSR count). The molecule has 2 unspecified atom stereocenters. The SMILES string of the molecule is NC1CCCCCCC1Sc1nnnn1-c1ccccc1. The maximum atomic E-state index is 6.36. The Balaban J connectivity index is 1.77. The first-order valence-electron chi connectivity index (χ1n) is 7.60. The van der Waals surface area contributed by atoms with Crippen LogP contribution >= 0.6 is 11.8 Å². The predicted octanol–water partition coefficient (Wildman–Crippen LogP) is 2.80. The van der Waals surface area contributed by atoms with Crippen LogP contribution in [0.4, 0.5) is 0 Å². The topological polar surface area (TPSA) is 69.6 Å². The third-order valence-corrected chi connectivity index (χ3v) is 5.31. The number of hydrogen-bond acceptors (Lipinski definition) is 5. The third kappa shape index (κ3) is 3.63. The van der Waals surface area contributed by atoms with E-state index in [4.69, 9.17) is 5.73 Å². The highest BCUT2D eigenvalue weighted by molar-refractivity contribution is 7.99. The van der Waals surface area contributed by atoms with Gasteiger partial charge in [-0.3, -0.25) is 0 Å². The van der Waals surface area contributed by atoms with E-state index in [0.717, 1.165) is 23.7 Å². The number of para-hydroxylation sites is 1. The lowest BCUT2D eigenvalue weighted by atomic mass is 9.97. The van der Waals surface area contributed by atoms with Crippen LogP contribution in [0.15, 0.2) is 35.5 Å². The molecule has 1 aliphatic carbocycles. The minimum absolute atomic E-state index is 0.233. The molecule has 2 atom stereocenters. The van der Waals surface area contributed by atoms with Gasteiger partial charge in [0.1, 0.15) is 0 Å². The number of nitrogens with zero attached hydrogens (tertiary/aromatic N) is 4. The molecule has 0 aliphatic heterocycles. The number of tetrazole rings is 1. The van der Waals surface area contributed by atoms with Crippen molar-refractivity contribution in [2.24, 2.45) is 5.73 Å². The van der Waals surface area contributed by atoms with Crippen LogP contribution in [-0.4, -0.2) is 31.5 Å². The smallest absolute Gasteiger partial charge is 0.214 e. The summed E-state index contributed by atoms with van der Waals surface area (Å²) in [5.41, 5.74) is 7.35. The quantitative estimate of drug-likeness (QED) is 0.944. The van der Waals surface area contributed by atoms with E-state index < -0.39 is 0 Å². The van der Waals surface area contributed by atoms with Gasteiger partial charge in [0.2, 0.25) is 5.16 Å². The first-order valence-corrected chi connectivity index (χ1v) is 8.48. The summed E-state index contributed by atoms with van der Waals surface area (Å²) in [4.78, 5) is 0. The van der Waals surface area contributed by atoms with Gasteiger partial charge in [-0.15, -0.1) is 5.10 Å². The average Bonchev–Trinajstić information content (AvgIpc) is 2.96. The fourth-order valence-corrected chi connectivity index (χ4v) is 3.94. The number of benzene rings is 1. The van der Waals surface area contributed by atoms with Crippen LogP contribution < -0.4 is 5.73 Å². The van der Waals surface area contributed by atoms with Crippen molar-refractivity contribution in [2.75, 3.05) is 0 Å². The van der Waals surface area contributed by atoms with Crippen LogP contribution in [0.1, 0.15) is 38.5 Å². The first-order chi connectivity index (χ1) is 10.3. The highest BCUT2D eigenvalue weighted by Gasteiger charge is 2.23. The molecule has 1 heterocycles. The minimum atomic E-state index is 0.233. The van der Waals surface area contributed by atoms with Crippen LogP contribution in [0.5, 0.6) is 0 Å². The van der Waals surface area contributed by atoms with E-state index in [1.807, 2.05) is 30.3 Å². The van der Waals surface area contributed by atoms with Gasteiger partial charge in [-0.2, -0.15) is 4.68 Å². The van der Waals surface area contributed by atoms with Gasteiger partial charge in [0, 0.05) is 11.3 Å². The Hall–Kier alpha value is -1.40. The molecule has 2 aromatic rings. The van der Waals surface area contributed by atoms with Crippen LogP contribution in [0, 0.1) is 0 Å². The lowest BCUT2D eigenvalue weighted by Crippen LogP contribution is -2.33. The van der Waals surface area contributed by atoms with E-state index in [9.17, 15) is 0 Å². The Bertz CT molecular complexity index is 556. The third-order valence-electron chi connectivity index (χ3n) is 3.95. The van der Waals surface area contributed by atoms with Crippen LogP contribution in [0.2, 0.25) is 0 Å². The van der Waals surface area contributed by atoms with Gasteiger partial charge in [0.25, 0.3) is 0 Å². The molecule has 1 aromatic heterocycles. The molecule has 1 fully saturated rings. The summed E-state index contributed by atoms with van der Waals surface area (Å²) in [6.45, 7) is 0. The van der Waals surface area contributed by atoms with Crippen molar-refractivity contribution in [3.8, 4) is 5.69 Å². The van der Waals surface area contributed by atoms with E-state index in [1.54, 1.807) is 16.4 Å². The van der Waals surface area contributed by atoms with Crippen molar-refractivity contribution < 1.29 is 0 Å².